The second-order valence-corrected chi connectivity index (χ2v) is 10.1. The standard InChI is InChI=1S/C25H35F3N4O6/c1-15(2)32(16-7-6-8-29-13-16)21(33)17-11-19-20(12-18(17)25(26,27)28)38-24(3,14-37-5)22(34)31(19)10-9-30(4)23(35)36/h11-12,15-16,29H,6-10,13-14H2,1-5H3,(H,35,36)/t16-,24+/m1/s1. The van der Waals surface area contributed by atoms with Crippen LogP contribution in [0.15, 0.2) is 12.1 Å². The molecule has 212 valence electrons. The van der Waals surface area contributed by atoms with Crippen LogP contribution in [-0.4, -0.2) is 97.4 Å². The summed E-state index contributed by atoms with van der Waals surface area (Å²) in [7, 11) is 2.63. The Morgan fingerprint density at radius 1 is 1.34 bits per heavy atom. The maximum atomic E-state index is 14.3. The average molecular weight is 545 g/mol. The smallest absolute Gasteiger partial charge is 0.417 e. The highest BCUT2D eigenvalue weighted by atomic mass is 19.4. The zero-order valence-electron chi connectivity index (χ0n) is 22.2. The largest absolute Gasteiger partial charge is 0.473 e. The molecule has 10 nitrogen and oxygen atoms in total. The van der Waals surface area contributed by atoms with Crippen molar-refractivity contribution in [1.82, 2.24) is 15.1 Å². The van der Waals surface area contributed by atoms with E-state index in [1.54, 1.807) is 13.8 Å². The van der Waals surface area contributed by atoms with E-state index >= 15 is 0 Å². The number of rotatable bonds is 8. The van der Waals surface area contributed by atoms with Crippen LogP contribution in [0.5, 0.6) is 5.75 Å². The van der Waals surface area contributed by atoms with Crippen LogP contribution < -0.4 is 15.0 Å². The molecule has 0 saturated carbocycles. The highest BCUT2D eigenvalue weighted by Crippen LogP contribution is 2.44. The summed E-state index contributed by atoms with van der Waals surface area (Å²) in [5.41, 5.74) is -3.47. The van der Waals surface area contributed by atoms with E-state index in [1.165, 1.54) is 26.0 Å². The number of amides is 3. The molecule has 0 bridgehead atoms. The number of ether oxygens (including phenoxy) is 2. The van der Waals surface area contributed by atoms with Gasteiger partial charge < -0.3 is 34.6 Å². The van der Waals surface area contributed by atoms with Crippen molar-refractivity contribution in [2.45, 2.75) is 57.5 Å². The number of hydrogen-bond donors (Lipinski definition) is 2. The molecule has 1 aromatic carbocycles. The molecule has 38 heavy (non-hydrogen) atoms. The van der Waals surface area contributed by atoms with E-state index < -0.39 is 40.8 Å². The highest BCUT2D eigenvalue weighted by Gasteiger charge is 2.47. The summed E-state index contributed by atoms with van der Waals surface area (Å²) in [6.45, 7) is 5.55. The van der Waals surface area contributed by atoms with Crippen LogP contribution >= 0.6 is 0 Å². The number of halogens is 3. The van der Waals surface area contributed by atoms with Crippen molar-refractivity contribution < 1.29 is 42.1 Å². The van der Waals surface area contributed by atoms with Gasteiger partial charge in [0, 0.05) is 45.9 Å². The zero-order chi connectivity index (χ0) is 28.4. The molecule has 2 heterocycles. The maximum absolute atomic E-state index is 14.3. The lowest BCUT2D eigenvalue weighted by molar-refractivity contribution is -0.140. The van der Waals surface area contributed by atoms with Gasteiger partial charge in [0.2, 0.25) is 5.60 Å². The molecular formula is C25H35F3N4O6. The normalized spacial score (nSPS) is 21.7. The lowest BCUT2D eigenvalue weighted by Gasteiger charge is -2.42. The molecule has 0 aliphatic carbocycles. The predicted octanol–water partition coefficient (Wildman–Crippen LogP) is 3.05. The van der Waals surface area contributed by atoms with E-state index in [1.807, 2.05) is 0 Å². The molecule has 0 unspecified atom stereocenters. The Hall–Kier alpha value is -3.06. The number of anilines is 1. The van der Waals surface area contributed by atoms with Crippen LogP contribution in [0.3, 0.4) is 0 Å². The van der Waals surface area contributed by atoms with E-state index in [4.69, 9.17) is 9.47 Å². The number of piperidine rings is 1. The van der Waals surface area contributed by atoms with Gasteiger partial charge in [-0.1, -0.05) is 0 Å². The van der Waals surface area contributed by atoms with Gasteiger partial charge in [-0.15, -0.1) is 0 Å². The Morgan fingerprint density at radius 2 is 2.03 bits per heavy atom. The summed E-state index contributed by atoms with van der Waals surface area (Å²) in [6, 6.07) is 1.11. The van der Waals surface area contributed by atoms with E-state index in [-0.39, 0.29) is 43.2 Å². The number of fused-ring (bicyclic) bond motifs is 1. The molecule has 2 aliphatic heterocycles. The summed E-state index contributed by atoms with van der Waals surface area (Å²) in [5.74, 6) is -1.67. The van der Waals surface area contributed by atoms with Gasteiger partial charge >= 0.3 is 12.3 Å². The third-order valence-electron chi connectivity index (χ3n) is 6.82. The number of nitrogens with zero attached hydrogens (tertiary/aromatic N) is 3. The van der Waals surface area contributed by atoms with Crippen molar-refractivity contribution in [2.24, 2.45) is 0 Å². The van der Waals surface area contributed by atoms with Crippen LogP contribution in [0, 0.1) is 0 Å². The van der Waals surface area contributed by atoms with Gasteiger partial charge in [-0.25, -0.2) is 4.79 Å². The first kappa shape index (κ1) is 29.5. The summed E-state index contributed by atoms with van der Waals surface area (Å²) in [4.78, 5) is 42.1. The topological polar surface area (TPSA) is 112 Å². The van der Waals surface area contributed by atoms with Gasteiger partial charge in [-0.3, -0.25) is 9.59 Å². The molecular weight excluding hydrogens is 509 g/mol. The number of carboxylic acid groups (broad SMARTS) is 1. The Bertz CT molecular complexity index is 1060. The minimum absolute atomic E-state index is 0.0378. The summed E-state index contributed by atoms with van der Waals surface area (Å²) >= 11 is 0. The lowest BCUT2D eigenvalue weighted by atomic mass is 9.96. The third kappa shape index (κ3) is 5.98. The fraction of sp³-hybridized carbons (Fsp3) is 0.640. The Balaban J connectivity index is 2.16. The molecule has 2 aliphatic rings. The number of benzene rings is 1. The molecule has 3 amide bonds. The summed E-state index contributed by atoms with van der Waals surface area (Å²) in [6.07, 6.45) is -4.69. The molecule has 1 fully saturated rings. The van der Waals surface area contributed by atoms with Crippen molar-refractivity contribution in [1.29, 1.82) is 0 Å². The molecule has 2 N–H and O–H groups in total. The van der Waals surface area contributed by atoms with Crippen LogP contribution in [0.2, 0.25) is 0 Å². The van der Waals surface area contributed by atoms with Crippen LogP contribution in [-0.2, 0) is 15.7 Å². The molecule has 1 aromatic rings. The number of hydrogen-bond acceptors (Lipinski definition) is 6. The lowest BCUT2D eigenvalue weighted by Crippen LogP contribution is -2.58. The molecule has 0 radical (unpaired) electrons. The molecule has 3 rings (SSSR count). The molecule has 0 aromatic heterocycles. The first-order valence-corrected chi connectivity index (χ1v) is 12.4. The van der Waals surface area contributed by atoms with E-state index in [0.29, 0.717) is 13.0 Å². The fourth-order valence-electron chi connectivity index (χ4n) is 4.92. The molecule has 2 atom stereocenters. The number of methoxy groups -OCH3 is 1. The second kappa shape index (κ2) is 11.4. The number of carbonyl (C=O) groups is 3. The Labute approximate surface area is 219 Å². The highest BCUT2D eigenvalue weighted by molar-refractivity contribution is 6.05. The number of likely N-dealkylation sites (N-methyl/N-ethyl adjacent to an activating group) is 1. The minimum Gasteiger partial charge on any atom is -0.473 e. The van der Waals surface area contributed by atoms with Gasteiger partial charge in [0.15, 0.2) is 0 Å². The summed E-state index contributed by atoms with van der Waals surface area (Å²) in [5, 5.41) is 12.4. The van der Waals surface area contributed by atoms with Gasteiger partial charge in [0.1, 0.15) is 5.75 Å². The third-order valence-corrected chi connectivity index (χ3v) is 6.82. The number of alkyl halides is 3. The van der Waals surface area contributed by atoms with Crippen LogP contribution in [0.1, 0.15) is 49.5 Å². The number of carbonyl (C=O) groups excluding carboxylic acids is 2. The quantitative estimate of drug-likeness (QED) is 0.518. The maximum Gasteiger partial charge on any atom is 0.417 e. The average Bonchev–Trinajstić information content (AvgIpc) is 2.83. The van der Waals surface area contributed by atoms with E-state index in [9.17, 15) is 32.7 Å². The number of nitrogens with one attached hydrogen (secondary N) is 1. The van der Waals surface area contributed by atoms with Crippen molar-refractivity contribution in [3.63, 3.8) is 0 Å². The van der Waals surface area contributed by atoms with Crippen LogP contribution in [0.25, 0.3) is 0 Å². The van der Waals surface area contributed by atoms with Gasteiger partial charge in [-0.05, 0) is 52.3 Å². The molecule has 1 saturated heterocycles. The summed E-state index contributed by atoms with van der Waals surface area (Å²) < 4.78 is 53.9. The predicted molar refractivity (Wildman–Crippen MR) is 133 cm³/mol. The van der Waals surface area contributed by atoms with Gasteiger partial charge in [0.05, 0.1) is 23.4 Å². The molecule has 0 spiro atoms. The van der Waals surface area contributed by atoms with Gasteiger partial charge in [-0.2, -0.15) is 13.2 Å². The van der Waals surface area contributed by atoms with Crippen molar-refractivity contribution in [3.8, 4) is 5.75 Å². The van der Waals surface area contributed by atoms with E-state index in [2.05, 4.69) is 5.32 Å². The van der Waals surface area contributed by atoms with Crippen molar-refractivity contribution >= 4 is 23.6 Å². The van der Waals surface area contributed by atoms with Crippen LogP contribution in [0.4, 0.5) is 23.7 Å². The van der Waals surface area contributed by atoms with Crippen molar-refractivity contribution in [2.75, 3.05) is 51.8 Å². The Kier molecular flexibility index (Phi) is 8.82. The first-order valence-electron chi connectivity index (χ1n) is 12.4. The van der Waals surface area contributed by atoms with E-state index in [0.717, 1.165) is 34.9 Å². The monoisotopic (exact) mass is 544 g/mol. The second-order valence-electron chi connectivity index (χ2n) is 10.1. The Morgan fingerprint density at radius 3 is 2.55 bits per heavy atom. The zero-order valence-corrected chi connectivity index (χ0v) is 22.2. The van der Waals surface area contributed by atoms with Crippen molar-refractivity contribution in [3.05, 3.63) is 23.3 Å². The fourth-order valence-corrected chi connectivity index (χ4v) is 4.92. The molecule has 13 heteroatoms. The first-order chi connectivity index (χ1) is 17.7. The van der Waals surface area contributed by atoms with Gasteiger partial charge in [0.25, 0.3) is 11.8 Å². The SMILES string of the molecule is COC[C@]1(C)Oc2cc(C(F)(F)F)c(C(=O)N(C(C)C)[C@@H]3CCCNC3)cc2N(CCN(C)C(=O)O)C1=O. The minimum atomic E-state index is -4.88.